The number of hydrogen-bond donors (Lipinski definition) is 1. The van der Waals surface area contributed by atoms with E-state index in [2.05, 4.69) is 4.98 Å². The Balaban J connectivity index is 2.13. The van der Waals surface area contributed by atoms with Crippen molar-refractivity contribution in [2.45, 2.75) is 19.4 Å². The van der Waals surface area contributed by atoms with Crippen LogP contribution >= 0.6 is 11.6 Å². The maximum Gasteiger partial charge on any atom is 0.119 e. The molecule has 0 spiro atoms. The minimum absolute atomic E-state index is 0.455. The summed E-state index contributed by atoms with van der Waals surface area (Å²) in [6.07, 6.45) is 3.10. The van der Waals surface area contributed by atoms with Crippen LogP contribution in [0.3, 0.4) is 0 Å². The summed E-state index contributed by atoms with van der Waals surface area (Å²) in [5, 5.41) is 10.8. The van der Waals surface area contributed by atoms with Crippen LogP contribution < -0.4 is 4.74 Å². The van der Waals surface area contributed by atoms with Gasteiger partial charge in [-0.1, -0.05) is 23.7 Å². The molecule has 0 aliphatic carbocycles. The predicted molar refractivity (Wildman–Crippen MR) is 75.5 cm³/mol. The van der Waals surface area contributed by atoms with E-state index in [4.69, 9.17) is 16.3 Å². The van der Waals surface area contributed by atoms with Crippen molar-refractivity contribution in [2.75, 3.05) is 6.61 Å². The number of hydrogen-bond acceptors (Lipinski definition) is 3. The van der Waals surface area contributed by atoms with E-state index in [0.717, 1.165) is 16.9 Å². The topological polar surface area (TPSA) is 42.4 Å². The van der Waals surface area contributed by atoms with Crippen LogP contribution in [0.2, 0.25) is 5.02 Å². The van der Waals surface area contributed by atoms with E-state index in [9.17, 15) is 5.11 Å². The van der Waals surface area contributed by atoms with Gasteiger partial charge in [-0.15, -0.1) is 0 Å². The molecule has 1 unspecified atom stereocenters. The quantitative estimate of drug-likeness (QED) is 0.911. The van der Waals surface area contributed by atoms with E-state index in [0.29, 0.717) is 18.1 Å². The lowest BCUT2D eigenvalue weighted by Gasteiger charge is -2.13. The second-order valence-electron chi connectivity index (χ2n) is 4.19. The Labute approximate surface area is 117 Å². The number of halogens is 1. The van der Waals surface area contributed by atoms with Crippen molar-refractivity contribution in [3.63, 3.8) is 0 Å². The van der Waals surface area contributed by atoms with Gasteiger partial charge in [-0.25, -0.2) is 0 Å². The lowest BCUT2D eigenvalue weighted by Crippen LogP contribution is -2.03. The highest BCUT2D eigenvalue weighted by Crippen LogP contribution is 2.25. The van der Waals surface area contributed by atoms with Crippen LogP contribution in [0.4, 0.5) is 0 Å². The fourth-order valence-corrected chi connectivity index (χ4v) is 2.07. The van der Waals surface area contributed by atoms with E-state index in [1.54, 1.807) is 12.4 Å². The Morgan fingerprint density at radius 1 is 1.37 bits per heavy atom. The first-order valence-corrected chi connectivity index (χ1v) is 6.57. The molecule has 100 valence electrons. The molecule has 0 amide bonds. The Bertz CT molecular complexity index is 545. The number of aromatic nitrogens is 1. The van der Waals surface area contributed by atoms with Crippen LogP contribution in [0.15, 0.2) is 42.7 Å². The molecule has 1 aromatic heterocycles. The first-order valence-electron chi connectivity index (χ1n) is 6.20. The summed E-state index contributed by atoms with van der Waals surface area (Å²) in [7, 11) is 0. The number of rotatable bonds is 5. The smallest absolute Gasteiger partial charge is 0.119 e. The Morgan fingerprint density at radius 2 is 2.21 bits per heavy atom. The van der Waals surface area contributed by atoms with Gasteiger partial charge in [0.25, 0.3) is 0 Å². The SMILES string of the molecule is CCOc1cccc(C(O)Cc2ccncc2Cl)c1. The molecule has 2 rings (SSSR count). The molecule has 1 aromatic carbocycles. The van der Waals surface area contributed by atoms with Gasteiger partial charge < -0.3 is 9.84 Å². The normalized spacial score (nSPS) is 12.2. The summed E-state index contributed by atoms with van der Waals surface area (Å²) >= 11 is 6.04. The second-order valence-corrected chi connectivity index (χ2v) is 4.60. The standard InChI is InChI=1S/C15H16ClNO2/c1-2-19-13-5-3-4-12(8-13)15(18)9-11-6-7-17-10-14(11)16/h3-8,10,15,18H,2,9H2,1H3. The first kappa shape index (κ1) is 13.8. The molecule has 2 aromatic rings. The molecule has 1 heterocycles. The molecule has 1 atom stereocenters. The zero-order valence-corrected chi connectivity index (χ0v) is 11.5. The van der Waals surface area contributed by atoms with E-state index in [1.807, 2.05) is 37.3 Å². The molecule has 0 saturated carbocycles. The molecule has 0 fully saturated rings. The molecule has 0 aliphatic heterocycles. The predicted octanol–water partition coefficient (Wildman–Crippen LogP) is 3.41. The number of aliphatic hydroxyl groups is 1. The van der Waals surface area contributed by atoms with Crippen molar-refractivity contribution in [3.05, 3.63) is 58.9 Å². The summed E-state index contributed by atoms with van der Waals surface area (Å²) < 4.78 is 5.42. The van der Waals surface area contributed by atoms with Gasteiger partial charge in [-0.05, 0) is 36.2 Å². The molecule has 0 aliphatic rings. The molecule has 3 nitrogen and oxygen atoms in total. The largest absolute Gasteiger partial charge is 0.494 e. The second kappa shape index (κ2) is 6.55. The molecular formula is C15H16ClNO2. The number of benzene rings is 1. The third kappa shape index (κ3) is 3.69. The van der Waals surface area contributed by atoms with Gasteiger partial charge in [0.2, 0.25) is 0 Å². The van der Waals surface area contributed by atoms with Crippen LogP contribution in [-0.4, -0.2) is 16.7 Å². The van der Waals surface area contributed by atoms with E-state index in [-0.39, 0.29) is 0 Å². The molecular weight excluding hydrogens is 262 g/mol. The summed E-state index contributed by atoms with van der Waals surface area (Å²) in [6, 6.07) is 9.29. The minimum atomic E-state index is -0.611. The Kier molecular flexibility index (Phi) is 4.77. The highest BCUT2D eigenvalue weighted by Gasteiger charge is 2.11. The van der Waals surface area contributed by atoms with Gasteiger partial charge in [0.1, 0.15) is 5.75 Å². The highest BCUT2D eigenvalue weighted by molar-refractivity contribution is 6.31. The van der Waals surface area contributed by atoms with Gasteiger partial charge in [0, 0.05) is 18.8 Å². The fourth-order valence-electron chi connectivity index (χ4n) is 1.87. The maximum atomic E-state index is 10.3. The molecule has 0 radical (unpaired) electrons. The van der Waals surface area contributed by atoms with Crippen LogP contribution in [0.1, 0.15) is 24.2 Å². The summed E-state index contributed by atoms with van der Waals surface area (Å²) in [6.45, 7) is 2.54. The third-order valence-corrected chi connectivity index (χ3v) is 3.16. The number of ether oxygens (including phenoxy) is 1. The average molecular weight is 278 g/mol. The van der Waals surface area contributed by atoms with Crippen LogP contribution in [-0.2, 0) is 6.42 Å². The van der Waals surface area contributed by atoms with Gasteiger partial charge >= 0.3 is 0 Å². The van der Waals surface area contributed by atoms with Crippen LogP contribution in [0, 0.1) is 0 Å². The van der Waals surface area contributed by atoms with Crippen LogP contribution in [0.5, 0.6) is 5.75 Å². The fraction of sp³-hybridized carbons (Fsp3) is 0.267. The Morgan fingerprint density at radius 3 is 2.95 bits per heavy atom. The van der Waals surface area contributed by atoms with Crippen molar-refractivity contribution in [1.29, 1.82) is 0 Å². The van der Waals surface area contributed by atoms with Crippen molar-refractivity contribution in [2.24, 2.45) is 0 Å². The van der Waals surface area contributed by atoms with Gasteiger partial charge in [0.15, 0.2) is 0 Å². The lowest BCUT2D eigenvalue weighted by molar-refractivity contribution is 0.178. The van der Waals surface area contributed by atoms with Crippen molar-refractivity contribution >= 4 is 11.6 Å². The van der Waals surface area contributed by atoms with Crippen LogP contribution in [0.25, 0.3) is 0 Å². The first-order chi connectivity index (χ1) is 9.20. The zero-order valence-electron chi connectivity index (χ0n) is 10.7. The zero-order chi connectivity index (χ0) is 13.7. The van der Waals surface area contributed by atoms with Crippen molar-refractivity contribution in [3.8, 4) is 5.75 Å². The maximum absolute atomic E-state index is 10.3. The molecule has 0 saturated heterocycles. The minimum Gasteiger partial charge on any atom is -0.494 e. The summed E-state index contributed by atoms with van der Waals surface area (Å²) in [5.41, 5.74) is 1.70. The average Bonchev–Trinajstić information content (AvgIpc) is 2.42. The number of pyridine rings is 1. The van der Waals surface area contributed by atoms with Crippen molar-refractivity contribution < 1.29 is 9.84 Å². The summed E-state index contributed by atoms with van der Waals surface area (Å²) in [5.74, 6) is 0.764. The Hall–Kier alpha value is -1.58. The molecule has 4 heteroatoms. The van der Waals surface area contributed by atoms with Gasteiger partial charge in [-0.3, -0.25) is 4.98 Å². The molecule has 0 bridgehead atoms. The number of nitrogens with zero attached hydrogens (tertiary/aromatic N) is 1. The molecule has 19 heavy (non-hydrogen) atoms. The number of aliphatic hydroxyl groups excluding tert-OH is 1. The van der Waals surface area contributed by atoms with Gasteiger partial charge in [-0.2, -0.15) is 0 Å². The monoisotopic (exact) mass is 277 g/mol. The highest BCUT2D eigenvalue weighted by atomic mass is 35.5. The van der Waals surface area contributed by atoms with Gasteiger partial charge in [0.05, 0.1) is 17.7 Å². The van der Waals surface area contributed by atoms with E-state index >= 15 is 0 Å². The van der Waals surface area contributed by atoms with Crippen molar-refractivity contribution in [1.82, 2.24) is 4.98 Å². The summed E-state index contributed by atoms with van der Waals surface area (Å²) in [4.78, 5) is 3.93. The van der Waals surface area contributed by atoms with E-state index < -0.39 is 6.10 Å². The van der Waals surface area contributed by atoms with E-state index in [1.165, 1.54) is 0 Å². The lowest BCUT2D eigenvalue weighted by atomic mass is 10.0. The third-order valence-electron chi connectivity index (χ3n) is 2.82. The molecule has 1 N–H and O–H groups in total.